The number of hydrogen-bond acceptors (Lipinski definition) is 24. The van der Waals surface area contributed by atoms with Crippen LogP contribution in [-0.2, 0) is 82.0 Å². The highest BCUT2D eigenvalue weighted by Crippen LogP contribution is 2.72. The summed E-state index contributed by atoms with van der Waals surface area (Å²) in [5.74, 6) is -4.45. The highest BCUT2D eigenvalue weighted by Gasteiger charge is 2.66. The number of carboxylic acids is 1. The van der Waals surface area contributed by atoms with Gasteiger partial charge in [0.2, 0.25) is 11.8 Å². The summed E-state index contributed by atoms with van der Waals surface area (Å²) < 4.78 is 28.6. The molecule has 7 aromatic rings. The van der Waals surface area contributed by atoms with Crippen LogP contribution in [0.15, 0.2) is 103 Å². The van der Waals surface area contributed by atoms with E-state index in [9.17, 15) is 63.6 Å². The smallest absolute Gasteiger partial charge is 0.410 e. The summed E-state index contributed by atoms with van der Waals surface area (Å²) in [6.45, 7) is 12.1. The SMILES string of the molecule is CO[C@H]1O[C@@H](Cn2cc(CCCN(CCOC34CC5(C)CC(C)(CC(Cn6ncc(-c7ccc(N8CCc9cccc(C(=O)Nc%10nc%11ccccc%11s%10)c9C8)nc7C(=O)O)c6C)(C5)C3)C4)C(=O)OCc3ccc(NC(=O)[C@H](CCCN)N(C(N)=O)C(=O)[C@@H](NC(=O)CCCCCN4C(=O)C=CC4=O)C(C)C)cc3)nn2)[C@H](O)[C@@H](O)[C@@H]1O. The van der Waals surface area contributed by atoms with E-state index in [0.29, 0.717) is 102 Å². The molecule has 4 saturated carbocycles. The van der Waals surface area contributed by atoms with Gasteiger partial charge in [0.1, 0.15) is 48.9 Å². The molecule has 0 spiro atoms. The number of primary amides is 1. The molecule has 7 heterocycles. The maximum absolute atomic E-state index is 14.6. The zero-order chi connectivity index (χ0) is 83.3. The molecule has 117 heavy (non-hydrogen) atoms. The number of nitrogens with two attached hydrogens (primary N) is 2. The van der Waals surface area contributed by atoms with Crippen LogP contribution >= 0.6 is 11.3 Å². The number of hydrogen-bond donors (Lipinski definition) is 9. The third-order valence-corrected chi connectivity index (χ3v) is 24.5. The van der Waals surface area contributed by atoms with E-state index in [4.69, 9.17) is 40.5 Å². The number of imide groups is 2. The van der Waals surface area contributed by atoms with Crippen LogP contribution in [0.3, 0.4) is 0 Å². The third kappa shape index (κ3) is 19.2. The molecule has 4 aliphatic carbocycles. The van der Waals surface area contributed by atoms with Crippen molar-refractivity contribution < 1.29 is 82.5 Å². The number of fused-ring (bicyclic) bond motifs is 2. The number of nitrogens with one attached hydrogen (secondary N) is 3. The first-order valence-corrected chi connectivity index (χ1v) is 40.8. The highest BCUT2D eigenvalue weighted by atomic mass is 32.1. The number of nitrogens with zero attached hydrogens (tertiary/aromatic N) is 11. The average molecular weight is 1630 g/mol. The minimum absolute atomic E-state index is 0.00352. The monoisotopic (exact) mass is 1630 g/mol. The number of amides is 9. The van der Waals surface area contributed by atoms with Gasteiger partial charge in [-0.15, -0.1) is 5.10 Å². The maximum atomic E-state index is 14.6. The van der Waals surface area contributed by atoms with Crippen LogP contribution in [0.1, 0.15) is 160 Å². The van der Waals surface area contributed by atoms with E-state index in [1.54, 1.807) is 67.5 Å². The third-order valence-electron chi connectivity index (χ3n) is 23.5. The summed E-state index contributed by atoms with van der Waals surface area (Å²) in [4.78, 5) is 136. The van der Waals surface area contributed by atoms with Gasteiger partial charge in [-0.3, -0.25) is 48.6 Å². The number of methoxy groups -OCH3 is 1. The van der Waals surface area contributed by atoms with Gasteiger partial charge in [-0.1, -0.05) is 87.1 Å². The van der Waals surface area contributed by atoms with Crippen molar-refractivity contribution in [2.45, 2.75) is 206 Å². The number of unbranched alkanes of at least 4 members (excludes halogenated alkanes) is 2. The summed E-state index contributed by atoms with van der Waals surface area (Å²) in [5, 5.41) is 65.1. The Bertz CT molecular complexity index is 4820. The van der Waals surface area contributed by atoms with Gasteiger partial charge >= 0.3 is 18.1 Å². The van der Waals surface area contributed by atoms with Gasteiger partial charge in [-0.2, -0.15) is 5.10 Å². The normalized spacial score (nSPS) is 23.7. The second-order valence-electron chi connectivity index (χ2n) is 33.2. The number of urea groups is 1. The number of ether oxygens (including phenoxy) is 4. The first kappa shape index (κ1) is 84.5. The molecule has 4 aromatic heterocycles. The molecule has 4 bridgehead atoms. The summed E-state index contributed by atoms with van der Waals surface area (Å²) in [6, 6.07) is 19.6. The average Bonchev–Trinajstić information content (AvgIpc) is 1.49. The number of aliphatic hydroxyl groups excluding tert-OH is 3. The molecule has 11 N–H and O–H groups in total. The number of rotatable bonds is 35. The van der Waals surface area contributed by atoms with Crippen LogP contribution in [-0.4, -0.2) is 218 Å². The number of pyridine rings is 1. The zero-order valence-electron chi connectivity index (χ0n) is 66.7. The molecule has 0 radical (unpaired) electrons. The minimum Gasteiger partial charge on any atom is -0.476 e. The van der Waals surface area contributed by atoms with E-state index < -0.39 is 102 Å². The molecule has 3 aliphatic heterocycles. The Labute approximate surface area is 680 Å². The van der Waals surface area contributed by atoms with E-state index in [1.807, 2.05) is 59.0 Å². The number of carbonyl (C=O) groups is 9. The number of aromatic nitrogens is 7. The van der Waals surface area contributed by atoms with E-state index in [1.165, 1.54) is 35.3 Å². The molecule has 9 amide bonds. The number of aliphatic hydroxyl groups is 3. The number of thiazole rings is 1. The number of anilines is 3. The Balaban J connectivity index is 0.663. The summed E-state index contributed by atoms with van der Waals surface area (Å²) in [7, 11) is 1.31. The van der Waals surface area contributed by atoms with Crippen molar-refractivity contribution in [1.29, 1.82) is 0 Å². The first-order chi connectivity index (χ1) is 55.9. The zero-order valence-corrected chi connectivity index (χ0v) is 67.5. The van der Waals surface area contributed by atoms with Gasteiger partial charge in [0, 0.05) is 99.2 Å². The van der Waals surface area contributed by atoms with Crippen LogP contribution in [0.2, 0.25) is 0 Å². The number of aromatic carboxylic acids is 1. The Morgan fingerprint density at radius 1 is 0.821 bits per heavy atom. The van der Waals surface area contributed by atoms with Crippen LogP contribution in [0.5, 0.6) is 0 Å². The fourth-order valence-electron chi connectivity index (χ4n) is 19.1. The lowest BCUT2D eigenvalue weighted by molar-refractivity contribution is -0.292. The predicted octanol–water partition coefficient (Wildman–Crippen LogP) is 7.41. The second kappa shape index (κ2) is 35.8. The standard InChI is InChI=1S/C83H104N16O17S/c1-49(2)67(90-64(100)21-8-7-11-33-97-65(101)28-29-66(97)102)74(108)99(77(85)111)60(19-13-31-84)73(107)87-53-24-22-51(23-25-53)41-114-79(112)94(32-14-16-54-38-96(93-92-54)40-61-69(103)70(104)71(105)76(113-6)116-61)35-36-115-83-45-80(4)42-81(5,46-83)44-82(43-80,47-83)48-98-50(3)57(37-86-98)55-26-27-63(89-68(55)75(109)110)95-34-30-52-15-12-17-56(58(52)39-95)72(106)91-78-88-59-18-9-10-20-62(59)117-78/h9-10,12,15,17-18,20,22-29,37-38,49,60-61,67,69-71,76,103-105H,7-8,11,13-14,16,19,21,30-36,39-48,84H2,1-6H3,(H2,85,111)(H,87,107)(H,90,100)(H,109,110)(H,88,91,106)/t60-,61-,67-,69-,70+,71-,76-,80?,81?,82?,83?/m0/s1. The Morgan fingerprint density at radius 3 is 2.28 bits per heavy atom. The Hall–Kier alpha value is -10.5. The predicted molar refractivity (Wildman–Crippen MR) is 429 cm³/mol. The van der Waals surface area contributed by atoms with Gasteiger partial charge in [0.25, 0.3) is 23.6 Å². The topological polar surface area (TPSA) is 447 Å². The lowest BCUT2D eigenvalue weighted by Crippen LogP contribution is -2.64. The Morgan fingerprint density at radius 2 is 1.57 bits per heavy atom. The molecule has 7 aliphatic rings. The number of carbonyl (C=O) groups excluding carboxylic acids is 8. The van der Waals surface area contributed by atoms with Crippen molar-refractivity contribution in [3.63, 3.8) is 0 Å². The maximum Gasteiger partial charge on any atom is 0.410 e. The molecular formula is C83H104N16O17S. The van der Waals surface area contributed by atoms with Crippen molar-refractivity contribution in [3.8, 4) is 11.1 Å². The van der Waals surface area contributed by atoms with E-state index in [0.717, 1.165) is 70.5 Å². The van der Waals surface area contributed by atoms with Crippen molar-refractivity contribution in [3.05, 3.63) is 143 Å². The highest BCUT2D eigenvalue weighted by molar-refractivity contribution is 7.22. The molecule has 34 heteroatoms. The fraction of sp³-hybridized carbons (Fsp3) is 0.518. The number of aryl methyl sites for hydroxylation is 1. The van der Waals surface area contributed by atoms with E-state index in [-0.39, 0.29) is 98.7 Å². The minimum atomic E-state index is -1.53. The summed E-state index contributed by atoms with van der Waals surface area (Å²) in [6.07, 6.45) is 6.63. The van der Waals surface area contributed by atoms with Crippen LogP contribution < -0.4 is 32.3 Å². The number of carboxylic acid groups (broad SMARTS) is 1. The summed E-state index contributed by atoms with van der Waals surface area (Å²) >= 11 is 1.40. The molecule has 2 unspecified atom stereocenters. The van der Waals surface area contributed by atoms with Gasteiger partial charge in [-0.05, 0) is 178 Å². The number of para-hydroxylation sites is 1. The van der Waals surface area contributed by atoms with Crippen LogP contribution in [0.25, 0.3) is 21.3 Å². The van der Waals surface area contributed by atoms with Crippen molar-refractivity contribution >= 4 is 91.7 Å². The summed E-state index contributed by atoms with van der Waals surface area (Å²) in [5.41, 5.74) is 17.1. The van der Waals surface area contributed by atoms with E-state index in [2.05, 4.69) is 45.1 Å². The Kier molecular flexibility index (Phi) is 25.8. The quantitative estimate of drug-likeness (QED) is 0.0138. The molecule has 9 atom stereocenters. The second-order valence-corrected chi connectivity index (χ2v) is 34.2. The molecule has 3 aromatic carbocycles. The molecular weight excluding hydrogens is 1530 g/mol. The molecule has 1 saturated heterocycles. The largest absolute Gasteiger partial charge is 0.476 e. The van der Waals surface area contributed by atoms with Crippen LogP contribution in [0.4, 0.5) is 26.2 Å². The fourth-order valence-corrected chi connectivity index (χ4v) is 19.9. The number of benzene rings is 3. The van der Waals surface area contributed by atoms with Crippen LogP contribution in [0, 0.1) is 29.1 Å². The van der Waals surface area contributed by atoms with Crippen molar-refractivity contribution in [2.24, 2.45) is 33.6 Å². The van der Waals surface area contributed by atoms with Gasteiger partial charge in [-0.25, -0.2) is 29.0 Å². The van der Waals surface area contributed by atoms with Gasteiger partial charge in [0.05, 0.1) is 40.9 Å². The molecule has 33 nitrogen and oxygen atoms in total. The lowest BCUT2D eigenvalue weighted by Gasteiger charge is -2.69. The van der Waals surface area contributed by atoms with Gasteiger partial charge in [0.15, 0.2) is 17.1 Å². The first-order valence-electron chi connectivity index (χ1n) is 40.0. The molecule has 5 fully saturated rings. The lowest BCUT2D eigenvalue weighted by atomic mass is 9.39. The molecule has 624 valence electrons. The van der Waals surface area contributed by atoms with Crippen molar-refractivity contribution in [2.75, 3.05) is 62.0 Å². The molecule has 14 rings (SSSR count). The van der Waals surface area contributed by atoms with E-state index >= 15 is 0 Å². The van der Waals surface area contributed by atoms with Crippen molar-refractivity contribution in [1.82, 2.24) is 54.8 Å². The van der Waals surface area contributed by atoms with Gasteiger partial charge < -0.3 is 71.3 Å².